The summed E-state index contributed by atoms with van der Waals surface area (Å²) in [6.07, 6.45) is 0.776. The van der Waals surface area contributed by atoms with E-state index in [2.05, 4.69) is 10.2 Å². The lowest BCUT2D eigenvalue weighted by Crippen LogP contribution is -2.28. The molecule has 3 nitrogen and oxygen atoms in total. The molecule has 0 bridgehead atoms. The van der Waals surface area contributed by atoms with E-state index in [-0.39, 0.29) is 23.4 Å². The molecule has 1 saturated heterocycles. The molecule has 0 aromatic heterocycles. The van der Waals surface area contributed by atoms with E-state index in [1.807, 2.05) is 24.3 Å². The SMILES string of the molecule is COc1cc(F)c([C@H]2CC3Nc4ccccc4N3C2)c(F)c1. The van der Waals surface area contributed by atoms with E-state index >= 15 is 0 Å². The number of nitrogens with one attached hydrogen (secondary N) is 1. The van der Waals surface area contributed by atoms with Gasteiger partial charge in [-0.3, -0.25) is 0 Å². The molecule has 2 aromatic rings. The Bertz CT molecular complexity index is 711. The monoisotopic (exact) mass is 302 g/mol. The highest BCUT2D eigenvalue weighted by Crippen LogP contribution is 2.44. The molecule has 0 spiro atoms. The number of methoxy groups -OCH3 is 1. The Morgan fingerprint density at radius 3 is 2.64 bits per heavy atom. The molecule has 0 amide bonds. The number of hydrogen-bond donors (Lipinski definition) is 1. The van der Waals surface area contributed by atoms with E-state index in [0.29, 0.717) is 13.0 Å². The largest absolute Gasteiger partial charge is 0.497 e. The van der Waals surface area contributed by atoms with Crippen molar-refractivity contribution in [1.29, 1.82) is 0 Å². The van der Waals surface area contributed by atoms with Gasteiger partial charge in [-0.25, -0.2) is 8.78 Å². The minimum Gasteiger partial charge on any atom is -0.497 e. The first-order valence-corrected chi connectivity index (χ1v) is 7.32. The van der Waals surface area contributed by atoms with Crippen LogP contribution in [0.4, 0.5) is 20.2 Å². The van der Waals surface area contributed by atoms with Crippen LogP contribution in [0.15, 0.2) is 36.4 Å². The average Bonchev–Trinajstić information content (AvgIpc) is 3.04. The van der Waals surface area contributed by atoms with Crippen molar-refractivity contribution in [2.24, 2.45) is 0 Å². The number of hydrogen-bond acceptors (Lipinski definition) is 3. The molecule has 114 valence electrons. The predicted molar refractivity (Wildman–Crippen MR) is 81.5 cm³/mol. The Morgan fingerprint density at radius 2 is 1.91 bits per heavy atom. The lowest BCUT2D eigenvalue weighted by molar-refractivity contribution is 0.404. The first kappa shape index (κ1) is 13.4. The van der Waals surface area contributed by atoms with Gasteiger partial charge in [0.1, 0.15) is 17.4 Å². The molecule has 1 fully saturated rings. The summed E-state index contributed by atoms with van der Waals surface area (Å²) in [4.78, 5) is 2.18. The molecule has 0 saturated carbocycles. The maximum Gasteiger partial charge on any atom is 0.133 e. The highest BCUT2D eigenvalue weighted by Gasteiger charge is 2.40. The number of fused-ring (bicyclic) bond motifs is 3. The molecule has 22 heavy (non-hydrogen) atoms. The molecule has 1 unspecified atom stereocenters. The molecular formula is C17H16F2N2O. The number of ether oxygens (including phenoxy) is 1. The van der Waals surface area contributed by atoms with Crippen molar-refractivity contribution in [3.8, 4) is 5.75 Å². The van der Waals surface area contributed by atoms with Crippen LogP contribution in [-0.2, 0) is 0 Å². The average molecular weight is 302 g/mol. The van der Waals surface area contributed by atoms with Crippen LogP contribution in [0.5, 0.6) is 5.75 Å². The van der Waals surface area contributed by atoms with Gasteiger partial charge in [0, 0.05) is 30.2 Å². The molecule has 2 aliphatic heterocycles. The highest BCUT2D eigenvalue weighted by atomic mass is 19.1. The fraction of sp³-hybridized carbons (Fsp3) is 0.294. The molecule has 2 aromatic carbocycles. The van der Waals surface area contributed by atoms with Crippen molar-refractivity contribution in [1.82, 2.24) is 0 Å². The van der Waals surface area contributed by atoms with Crippen molar-refractivity contribution >= 4 is 11.4 Å². The highest BCUT2D eigenvalue weighted by molar-refractivity contribution is 5.76. The van der Waals surface area contributed by atoms with Gasteiger partial charge in [0.05, 0.1) is 24.7 Å². The van der Waals surface area contributed by atoms with Crippen molar-refractivity contribution in [3.05, 3.63) is 53.6 Å². The number of anilines is 2. The summed E-state index contributed by atoms with van der Waals surface area (Å²) in [6, 6.07) is 10.5. The molecule has 2 atom stereocenters. The summed E-state index contributed by atoms with van der Waals surface area (Å²) < 4.78 is 33.4. The zero-order valence-electron chi connectivity index (χ0n) is 12.1. The van der Waals surface area contributed by atoms with Gasteiger partial charge in [0.15, 0.2) is 0 Å². The van der Waals surface area contributed by atoms with Gasteiger partial charge in [0.2, 0.25) is 0 Å². The van der Waals surface area contributed by atoms with E-state index in [0.717, 1.165) is 11.4 Å². The smallest absolute Gasteiger partial charge is 0.133 e. The predicted octanol–water partition coefficient (Wildman–Crippen LogP) is 3.72. The molecule has 1 N–H and O–H groups in total. The minimum absolute atomic E-state index is 0.100. The van der Waals surface area contributed by atoms with Gasteiger partial charge in [-0.05, 0) is 18.6 Å². The van der Waals surface area contributed by atoms with Crippen molar-refractivity contribution in [2.75, 3.05) is 23.9 Å². The summed E-state index contributed by atoms with van der Waals surface area (Å²) in [5, 5.41) is 3.41. The fourth-order valence-corrected chi connectivity index (χ4v) is 3.54. The van der Waals surface area contributed by atoms with Crippen LogP contribution in [0.3, 0.4) is 0 Å². The van der Waals surface area contributed by atoms with E-state index in [1.54, 1.807) is 0 Å². The lowest BCUT2D eigenvalue weighted by Gasteiger charge is -2.18. The quantitative estimate of drug-likeness (QED) is 0.915. The van der Waals surface area contributed by atoms with Gasteiger partial charge in [-0.1, -0.05) is 12.1 Å². The summed E-state index contributed by atoms with van der Waals surface area (Å²) in [5.74, 6) is -1.02. The fourth-order valence-electron chi connectivity index (χ4n) is 3.54. The van der Waals surface area contributed by atoms with Gasteiger partial charge in [0.25, 0.3) is 0 Å². The van der Waals surface area contributed by atoms with Gasteiger partial charge < -0.3 is 15.0 Å². The second kappa shape index (κ2) is 4.87. The molecule has 2 aliphatic rings. The topological polar surface area (TPSA) is 24.5 Å². The Balaban J connectivity index is 1.66. The summed E-state index contributed by atoms with van der Waals surface area (Å²) in [6.45, 7) is 0.606. The van der Waals surface area contributed by atoms with E-state index in [9.17, 15) is 8.78 Å². The summed E-state index contributed by atoms with van der Waals surface area (Å²) >= 11 is 0. The standard InChI is InChI=1S/C17H16F2N2O/c1-22-11-7-12(18)17(13(19)8-11)10-6-16-20-14-4-2-3-5-15(14)21(16)9-10/h2-5,7-8,10,16,20H,6,9H2,1H3/t10-,16?/m0/s1. The third-order valence-corrected chi connectivity index (χ3v) is 4.53. The maximum atomic E-state index is 14.3. The Hall–Kier alpha value is -2.30. The minimum atomic E-state index is -0.531. The van der Waals surface area contributed by atoms with E-state index < -0.39 is 11.6 Å². The number of para-hydroxylation sites is 2. The zero-order chi connectivity index (χ0) is 15.3. The molecule has 2 heterocycles. The first-order valence-electron chi connectivity index (χ1n) is 7.32. The van der Waals surface area contributed by atoms with E-state index in [1.165, 1.54) is 19.2 Å². The Labute approximate surface area is 127 Å². The Kier molecular flexibility index (Phi) is 2.96. The third-order valence-electron chi connectivity index (χ3n) is 4.53. The van der Waals surface area contributed by atoms with Crippen LogP contribution in [-0.4, -0.2) is 19.8 Å². The van der Waals surface area contributed by atoms with E-state index in [4.69, 9.17) is 4.74 Å². The van der Waals surface area contributed by atoms with Gasteiger partial charge in [-0.15, -0.1) is 0 Å². The van der Waals surface area contributed by atoms with Crippen LogP contribution in [0.2, 0.25) is 0 Å². The second-order valence-electron chi connectivity index (χ2n) is 5.77. The molecule has 0 aliphatic carbocycles. The van der Waals surface area contributed by atoms with Crippen LogP contribution in [0, 0.1) is 11.6 Å². The van der Waals surface area contributed by atoms with Crippen molar-refractivity contribution in [2.45, 2.75) is 18.5 Å². The lowest BCUT2D eigenvalue weighted by atomic mass is 9.96. The normalized spacial score (nSPS) is 22.2. The van der Waals surface area contributed by atoms with Gasteiger partial charge in [-0.2, -0.15) is 0 Å². The van der Waals surface area contributed by atoms with Crippen molar-refractivity contribution in [3.63, 3.8) is 0 Å². The maximum absolute atomic E-state index is 14.3. The van der Waals surface area contributed by atoms with Crippen molar-refractivity contribution < 1.29 is 13.5 Å². The number of rotatable bonds is 2. The second-order valence-corrected chi connectivity index (χ2v) is 5.77. The third kappa shape index (κ3) is 1.92. The van der Waals surface area contributed by atoms with Crippen LogP contribution in [0.25, 0.3) is 0 Å². The van der Waals surface area contributed by atoms with Gasteiger partial charge >= 0.3 is 0 Å². The Morgan fingerprint density at radius 1 is 1.18 bits per heavy atom. The zero-order valence-corrected chi connectivity index (χ0v) is 12.1. The molecule has 5 heteroatoms. The first-order chi connectivity index (χ1) is 10.7. The molecular weight excluding hydrogens is 286 g/mol. The number of halogens is 2. The van der Waals surface area contributed by atoms with Crippen LogP contribution in [0.1, 0.15) is 17.9 Å². The summed E-state index contributed by atoms with van der Waals surface area (Å²) in [5.41, 5.74) is 2.35. The number of benzene rings is 2. The van der Waals surface area contributed by atoms with Crippen LogP contribution < -0.4 is 15.0 Å². The summed E-state index contributed by atoms with van der Waals surface area (Å²) in [7, 11) is 1.40. The van der Waals surface area contributed by atoms with Crippen LogP contribution >= 0.6 is 0 Å². The molecule has 0 radical (unpaired) electrons. The molecule has 4 rings (SSSR count). The number of nitrogens with zero attached hydrogens (tertiary/aromatic N) is 1.